The van der Waals surface area contributed by atoms with Gasteiger partial charge in [-0.2, -0.15) is 4.91 Å². The number of hydrogen-bond acceptors (Lipinski definition) is 5. The van der Waals surface area contributed by atoms with Gasteiger partial charge in [0.25, 0.3) is 5.91 Å². The zero-order valence-corrected chi connectivity index (χ0v) is 10.9. The lowest BCUT2D eigenvalue weighted by atomic mass is 10.2. The van der Waals surface area contributed by atoms with Gasteiger partial charge in [0.15, 0.2) is 0 Å². The van der Waals surface area contributed by atoms with Crippen LogP contribution in [0.3, 0.4) is 0 Å². The fourth-order valence-corrected chi connectivity index (χ4v) is 2.25. The Hall–Kier alpha value is -2.17. The van der Waals surface area contributed by atoms with Crippen molar-refractivity contribution in [1.82, 2.24) is 4.57 Å². The largest absolute Gasteiger partial charge is 0.390 e. The van der Waals surface area contributed by atoms with Crippen LogP contribution in [0.2, 0.25) is 0 Å². The first-order valence-corrected chi connectivity index (χ1v) is 6.14. The molecule has 7 heteroatoms. The number of ether oxygens (including phenoxy) is 1. The molecule has 3 atom stereocenters. The van der Waals surface area contributed by atoms with Crippen LogP contribution < -0.4 is 5.73 Å². The minimum Gasteiger partial charge on any atom is -0.390 e. The van der Waals surface area contributed by atoms with Gasteiger partial charge in [-0.15, -0.1) is 5.92 Å². The highest BCUT2D eigenvalue weighted by Crippen LogP contribution is 2.30. The zero-order valence-electron chi connectivity index (χ0n) is 10.9. The minimum atomic E-state index is -0.804. The molecule has 0 unspecified atom stereocenters. The molecule has 1 aromatic rings. The Morgan fingerprint density at radius 3 is 3.05 bits per heavy atom. The first-order valence-electron chi connectivity index (χ1n) is 6.14. The number of amides is 1. The molecule has 2 rings (SSSR count). The highest BCUT2D eigenvalue weighted by Gasteiger charge is 2.36. The molecule has 0 saturated carbocycles. The Bertz CT molecular complexity index is 584. The molecule has 0 aromatic carbocycles. The summed E-state index contributed by atoms with van der Waals surface area (Å²) in [6.45, 7) is 1.55. The molecule has 1 amide bonds. The molecule has 0 aliphatic carbocycles. The van der Waals surface area contributed by atoms with Crippen molar-refractivity contribution in [2.45, 2.75) is 31.8 Å². The molecule has 1 aliphatic heterocycles. The smallest absolute Gasteiger partial charge is 0.265 e. The van der Waals surface area contributed by atoms with Gasteiger partial charge in [-0.3, -0.25) is 4.79 Å². The summed E-state index contributed by atoms with van der Waals surface area (Å²) in [6.07, 6.45) is -0.131. The number of nitroso groups, excluding NO2 is 1. The van der Waals surface area contributed by atoms with Crippen LogP contribution in [0.4, 0.5) is 0 Å². The van der Waals surface area contributed by atoms with Crippen molar-refractivity contribution in [2.24, 2.45) is 10.9 Å². The van der Waals surface area contributed by atoms with E-state index in [2.05, 4.69) is 17.0 Å². The average molecular weight is 277 g/mol. The lowest BCUT2D eigenvalue weighted by Crippen LogP contribution is -2.23. The third-order valence-corrected chi connectivity index (χ3v) is 3.14. The number of aromatic nitrogens is 1. The maximum Gasteiger partial charge on any atom is 0.265 e. The zero-order chi connectivity index (χ0) is 14.7. The van der Waals surface area contributed by atoms with Gasteiger partial charge in [-0.25, -0.2) is 0 Å². The van der Waals surface area contributed by atoms with Crippen LogP contribution in [0, 0.1) is 16.7 Å². The number of nitrogens with two attached hydrogens (primary N) is 1. The van der Waals surface area contributed by atoms with E-state index >= 15 is 0 Å². The highest BCUT2D eigenvalue weighted by atomic mass is 16.5. The van der Waals surface area contributed by atoms with Crippen molar-refractivity contribution in [2.75, 3.05) is 6.54 Å². The number of carbonyl (C=O) groups is 1. The second-order valence-electron chi connectivity index (χ2n) is 4.50. The minimum absolute atomic E-state index is 0.132. The Labute approximate surface area is 115 Å². The van der Waals surface area contributed by atoms with E-state index in [0.29, 0.717) is 5.56 Å². The topological polar surface area (TPSA) is 107 Å². The molecule has 0 spiro atoms. The number of rotatable bonds is 4. The maximum atomic E-state index is 11.5. The predicted molar refractivity (Wildman–Crippen MR) is 70.7 cm³/mol. The lowest BCUT2D eigenvalue weighted by Gasteiger charge is -2.15. The van der Waals surface area contributed by atoms with E-state index in [1.54, 1.807) is 19.2 Å². The number of primary amides is 1. The van der Waals surface area contributed by atoms with Gasteiger partial charge in [-0.05, 0) is 13.0 Å². The van der Waals surface area contributed by atoms with E-state index < -0.39 is 24.3 Å². The summed E-state index contributed by atoms with van der Waals surface area (Å²) in [7, 11) is 0. The van der Waals surface area contributed by atoms with Gasteiger partial charge >= 0.3 is 0 Å². The van der Waals surface area contributed by atoms with Crippen LogP contribution in [0.15, 0.2) is 17.4 Å². The van der Waals surface area contributed by atoms with Gasteiger partial charge in [0.1, 0.15) is 24.6 Å². The van der Waals surface area contributed by atoms with Crippen molar-refractivity contribution >= 4 is 5.91 Å². The number of hydrogen-bond donors (Lipinski definition) is 2. The molecule has 1 fully saturated rings. The van der Waals surface area contributed by atoms with Crippen LogP contribution in [0.5, 0.6) is 0 Å². The van der Waals surface area contributed by atoms with E-state index in [1.807, 2.05) is 0 Å². The molecule has 0 radical (unpaired) electrons. The maximum absolute atomic E-state index is 11.5. The summed E-state index contributed by atoms with van der Waals surface area (Å²) in [5.41, 5.74) is 6.21. The Balaban J connectivity index is 2.30. The summed E-state index contributed by atoms with van der Waals surface area (Å²) < 4.78 is 7.08. The molecule has 1 saturated heterocycles. The lowest BCUT2D eigenvalue weighted by molar-refractivity contribution is -0.0135. The van der Waals surface area contributed by atoms with Crippen molar-refractivity contribution < 1.29 is 14.6 Å². The summed E-state index contributed by atoms with van der Waals surface area (Å²) in [4.78, 5) is 21.7. The Morgan fingerprint density at radius 1 is 1.70 bits per heavy atom. The molecule has 1 aliphatic rings. The fourth-order valence-electron chi connectivity index (χ4n) is 2.25. The van der Waals surface area contributed by atoms with Crippen LogP contribution in [-0.4, -0.2) is 34.3 Å². The van der Waals surface area contributed by atoms with Crippen LogP contribution in [-0.2, 0) is 4.74 Å². The first kappa shape index (κ1) is 14.2. The molecule has 2 heterocycles. The third-order valence-electron chi connectivity index (χ3n) is 3.14. The average Bonchev–Trinajstić information content (AvgIpc) is 2.95. The number of carbonyl (C=O) groups excluding carboxylic acids is 1. The van der Waals surface area contributed by atoms with Crippen LogP contribution in [0.25, 0.3) is 0 Å². The van der Waals surface area contributed by atoms with E-state index in [1.165, 1.54) is 4.57 Å². The van der Waals surface area contributed by atoms with Crippen LogP contribution >= 0.6 is 0 Å². The molecule has 106 valence electrons. The van der Waals surface area contributed by atoms with Crippen molar-refractivity contribution in [3.05, 3.63) is 28.4 Å². The Kier molecular flexibility index (Phi) is 4.17. The summed E-state index contributed by atoms with van der Waals surface area (Å²) in [5.74, 6) is 4.95. The molecule has 7 nitrogen and oxygen atoms in total. The molecule has 0 bridgehead atoms. The summed E-state index contributed by atoms with van der Waals surface area (Å²) in [6, 6.07) is 1.57. The van der Waals surface area contributed by atoms with Gasteiger partial charge in [0.2, 0.25) is 0 Å². The highest BCUT2D eigenvalue weighted by molar-refractivity contribution is 5.91. The Morgan fingerprint density at radius 2 is 2.45 bits per heavy atom. The molecule has 20 heavy (non-hydrogen) atoms. The van der Waals surface area contributed by atoms with E-state index in [4.69, 9.17) is 10.5 Å². The van der Waals surface area contributed by atoms with Crippen molar-refractivity contribution in [3.63, 3.8) is 0 Å². The normalized spacial score (nSPS) is 25.0. The monoisotopic (exact) mass is 277 g/mol. The van der Waals surface area contributed by atoms with E-state index in [-0.39, 0.29) is 18.7 Å². The van der Waals surface area contributed by atoms with Crippen molar-refractivity contribution in [1.29, 1.82) is 0 Å². The van der Waals surface area contributed by atoms with Crippen molar-refractivity contribution in [3.8, 4) is 11.8 Å². The van der Waals surface area contributed by atoms with E-state index in [0.717, 1.165) is 0 Å². The second-order valence-corrected chi connectivity index (χ2v) is 4.50. The number of aliphatic hydroxyl groups excluding tert-OH is 1. The summed E-state index contributed by atoms with van der Waals surface area (Å²) in [5, 5.41) is 12.5. The molecular formula is C13H15N3O4. The van der Waals surface area contributed by atoms with Crippen LogP contribution in [0.1, 0.15) is 35.6 Å². The second kappa shape index (κ2) is 5.86. The quantitative estimate of drug-likeness (QED) is 0.612. The third kappa shape index (κ3) is 2.71. The van der Waals surface area contributed by atoms with Gasteiger partial charge in [0, 0.05) is 18.2 Å². The van der Waals surface area contributed by atoms with Gasteiger partial charge < -0.3 is 20.1 Å². The SMILES string of the molecule is CC#Cc1cc(C(N)=O)n([C@H]2C[C@@H](O)[C@@H](CN=O)O2)c1. The number of nitrogens with zero attached hydrogens (tertiary/aromatic N) is 2. The molecule has 1 aromatic heterocycles. The molecule has 3 N–H and O–H groups in total. The number of aliphatic hydroxyl groups is 1. The van der Waals surface area contributed by atoms with Gasteiger partial charge in [-0.1, -0.05) is 11.1 Å². The van der Waals surface area contributed by atoms with E-state index in [9.17, 15) is 14.8 Å². The summed E-state index contributed by atoms with van der Waals surface area (Å²) >= 11 is 0. The fraction of sp³-hybridized carbons (Fsp3) is 0.462. The first-order chi connectivity index (χ1) is 9.56. The van der Waals surface area contributed by atoms with Gasteiger partial charge in [0.05, 0.1) is 6.10 Å². The molecular weight excluding hydrogens is 262 g/mol. The predicted octanol–water partition coefficient (Wildman–Crippen LogP) is 0.373. The standard InChI is InChI=1S/C13H15N3O4/c1-2-3-8-4-9(13(14)18)16(7-8)12-5-10(17)11(20-12)6-15-19/h4,7,10-12,17H,5-6H2,1H3,(H2,14,18)/t10-,11-,12-/m1/s1.